The van der Waals surface area contributed by atoms with Crippen LogP contribution in [0.2, 0.25) is 0 Å². The SMILES string of the molecule is CCCCC1CCN(CCCn2cc(C(=O)CC(C)C)c3ccccc32)CC1. The Labute approximate surface area is 171 Å². The van der Waals surface area contributed by atoms with Gasteiger partial charge in [0, 0.05) is 35.6 Å². The summed E-state index contributed by atoms with van der Waals surface area (Å²) in [6.07, 6.45) is 10.8. The highest BCUT2D eigenvalue weighted by molar-refractivity contribution is 6.08. The van der Waals surface area contributed by atoms with Crippen LogP contribution in [0.5, 0.6) is 0 Å². The zero-order valence-corrected chi connectivity index (χ0v) is 18.1. The van der Waals surface area contributed by atoms with Gasteiger partial charge in [0.15, 0.2) is 5.78 Å². The number of carbonyl (C=O) groups excluding carboxylic acids is 1. The summed E-state index contributed by atoms with van der Waals surface area (Å²) in [5.74, 6) is 1.63. The van der Waals surface area contributed by atoms with Crippen molar-refractivity contribution in [1.82, 2.24) is 9.47 Å². The topological polar surface area (TPSA) is 25.2 Å². The molecule has 3 rings (SSSR count). The summed E-state index contributed by atoms with van der Waals surface area (Å²) in [7, 11) is 0. The molecule has 1 aliphatic rings. The molecule has 0 unspecified atom stereocenters. The van der Waals surface area contributed by atoms with Gasteiger partial charge in [-0.05, 0) is 56.8 Å². The van der Waals surface area contributed by atoms with Crippen LogP contribution in [0.4, 0.5) is 0 Å². The standard InChI is InChI=1S/C25H38N2O/c1-4-5-9-21-12-16-26(17-13-21)14-8-15-27-19-23(25(28)18-20(2)3)22-10-6-7-11-24(22)27/h6-7,10-11,19-21H,4-5,8-9,12-18H2,1-3H3. The van der Waals surface area contributed by atoms with Gasteiger partial charge in [0.25, 0.3) is 0 Å². The van der Waals surface area contributed by atoms with Crippen molar-refractivity contribution in [2.24, 2.45) is 11.8 Å². The first kappa shape index (κ1) is 21.1. The van der Waals surface area contributed by atoms with Gasteiger partial charge in [0.2, 0.25) is 0 Å². The zero-order chi connectivity index (χ0) is 19.9. The average molecular weight is 383 g/mol. The first-order chi connectivity index (χ1) is 13.6. The number of ketones is 1. The number of unbranched alkanes of at least 4 members (excludes halogenated alkanes) is 1. The molecule has 3 nitrogen and oxygen atoms in total. The van der Waals surface area contributed by atoms with Crippen molar-refractivity contribution in [2.75, 3.05) is 19.6 Å². The van der Waals surface area contributed by atoms with E-state index in [1.807, 2.05) is 6.07 Å². The fourth-order valence-electron chi connectivity index (χ4n) is 4.59. The highest BCUT2D eigenvalue weighted by Gasteiger charge is 2.19. The predicted molar refractivity (Wildman–Crippen MR) is 119 cm³/mol. The number of piperidine rings is 1. The number of Topliss-reactive ketones (excluding diaryl/α,β-unsaturated/α-hetero) is 1. The molecule has 0 aliphatic carbocycles. The average Bonchev–Trinajstić information content (AvgIpc) is 3.06. The summed E-state index contributed by atoms with van der Waals surface area (Å²) in [5, 5.41) is 1.12. The molecule has 2 heterocycles. The minimum atomic E-state index is 0.277. The molecule has 1 aliphatic heterocycles. The van der Waals surface area contributed by atoms with E-state index in [1.165, 1.54) is 57.3 Å². The summed E-state index contributed by atoms with van der Waals surface area (Å²) < 4.78 is 2.30. The number of aromatic nitrogens is 1. The van der Waals surface area contributed by atoms with Gasteiger partial charge in [-0.1, -0.05) is 58.2 Å². The van der Waals surface area contributed by atoms with Gasteiger partial charge in [-0.2, -0.15) is 0 Å². The molecule has 28 heavy (non-hydrogen) atoms. The summed E-state index contributed by atoms with van der Waals surface area (Å²) in [6.45, 7) is 11.2. The molecule has 0 atom stereocenters. The number of para-hydroxylation sites is 1. The highest BCUT2D eigenvalue weighted by atomic mass is 16.1. The number of benzene rings is 1. The molecule has 1 aromatic heterocycles. The van der Waals surface area contributed by atoms with Crippen LogP contribution in [0.3, 0.4) is 0 Å². The Kier molecular flexibility index (Phi) is 7.73. The molecule has 0 spiro atoms. The lowest BCUT2D eigenvalue weighted by atomic mass is 9.91. The number of carbonyl (C=O) groups is 1. The Morgan fingerprint density at radius 1 is 1.11 bits per heavy atom. The van der Waals surface area contributed by atoms with Crippen LogP contribution in [0.15, 0.2) is 30.5 Å². The lowest BCUT2D eigenvalue weighted by Gasteiger charge is -2.32. The Morgan fingerprint density at radius 2 is 1.86 bits per heavy atom. The fraction of sp³-hybridized carbons (Fsp3) is 0.640. The fourth-order valence-corrected chi connectivity index (χ4v) is 4.59. The van der Waals surface area contributed by atoms with E-state index in [4.69, 9.17) is 0 Å². The van der Waals surface area contributed by atoms with Crippen LogP contribution in [0, 0.1) is 11.8 Å². The minimum absolute atomic E-state index is 0.277. The number of nitrogens with zero attached hydrogens (tertiary/aromatic N) is 2. The molecule has 3 heteroatoms. The lowest BCUT2D eigenvalue weighted by molar-refractivity contribution is 0.0969. The number of fused-ring (bicyclic) bond motifs is 1. The normalized spacial score (nSPS) is 16.3. The Hall–Kier alpha value is -1.61. The first-order valence-electron chi connectivity index (χ1n) is 11.4. The van der Waals surface area contributed by atoms with E-state index in [-0.39, 0.29) is 5.78 Å². The summed E-state index contributed by atoms with van der Waals surface area (Å²) >= 11 is 0. The van der Waals surface area contributed by atoms with Crippen LogP contribution in [-0.2, 0) is 6.54 Å². The Bertz CT molecular complexity index is 753. The number of hydrogen-bond acceptors (Lipinski definition) is 2. The highest BCUT2D eigenvalue weighted by Crippen LogP contribution is 2.25. The Balaban J connectivity index is 1.56. The number of rotatable bonds is 10. The third kappa shape index (κ3) is 5.47. The monoisotopic (exact) mass is 382 g/mol. The maximum Gasteiger partial charge on any atom is 0.165 e. The van der Waals surface area contributed by atoms with Crippen molar-refractivity contribution in [3.63, 3.8) is 0 Å². The molecular formula is C25H38N2O. The second-order valence-corrected chi connectivity index (χ2v) is 9.06. The van der Waals surface area contributed by atoms with E-state index < -0.39 is 0 Å². The molecule has 2 aromatic rings. The minimum Gasteiger partial charge on any atom is -0.347 e. The summed E-state index contributed by atoms with van der Waals surface area (Å²) in [4.78, 5) is 15.3. The van der Waals surface area contributed by atoms with E-state index in [0.717, 1.165) is 29.8 Å². The summed E-state index contributed by atoms with van der Waals surface area (Å²) in [5.41, 5.74) is 2.11. The molecule has 154 valence electrons. The molecule has 1 aromatic carbocycles. The third-order valence-electron chi connectivity index (χ3n) is 6.23. The predicted octanol–water partition coefficient (Wildman–Crippen LogP) is 6.16. The number of likely N-dealkylation sites (tertiary alicyclic amines) is 1. The molecule has 1 saturated heterocycles. The van der Waals surface area contributed by atoms with Crippen LogP contribution in [-0.4, -0.2) is 34.9 Å². The third-order valence-corrected chi connectivity index (χ3v) is 6.23. The number of aryl methyl sites for hydroxylation is 1. The smallest absolute Gasteiger partial charge is 0.165 e. The van der Waals surface area contributed by atoms with Crippen LogP contribution in [0.1, 0.15) is 76.1 Å². The van der Waals surface area contributed by atoms with Crippen molar-refractivity contribution in [1.29, 1.82) is 0 Å². The van der Waals surface area contributed by atoms with Crippen LogP contribution < -0.4 is 0 Å². The van der Waals surface area contributed by atoms with Crippen molar-refractivity contribution < 1.29 is 4.79 Å². The van der Waals surface area contributed by atoms with E-state index in [1.54, 1.807) is 0 Å². The van der Waals surface area contributed by atoms with Gasteiger partial charge in [0.1, 0.15) is 0 Å². The second kappa shape index (κ2) is 10.2. The van der Waals surface area contributed by atoms with Crippen LogP contribution >= 0.6 is 0 Å². The zero-order valence-electron chi connectivity index (χ0n) is 18.1. The summed E-state index contributed by atoms with van der Waals surface area (Å²) in [6, 6.07) is 8.37. The van der Waals surface area contributed by atoms with Gasteiger partial charge < -0.3 is 9.47 Å². The van der Waals surface area contributed by atoms with Crippen molar-refractivity contribution >= 4 is 16.7 Å². The molecule has 1 fully saturated rings. The van der Waals surface area contributed by atoms with E-state index in [0.29, 0.717) is 12.3 Å². The first-order valence-corrected chi connectivity index (χ1v) is 11.4. The second-order valence-electron chi connectivity index (χ2n) is 9.06. The maximum atomic E-state index is 12.7. The molecule has 0 saturated carbocycles. The molecular weight excluding hydrogens is 344 g/mol. The van der Waals surface area contributed by atoms with Crippen molar-refractivity contribution in [3.8, 4) is 0 Å². The van der Waals surface area contributed by atoms with E-state index in [9.17, 15) is 4.79 Å². The quantitative estimate of drug-likeness (QED) is 0.460. The molecule has 0 bridgehead atoms. The number of hydrogen-bond donors (Lipinski definition) is 0. The van der Waals surface area contributed by atoms with E-state index >= 15 is 0 Å². The van der Waals surface area contributed by atoms with Crippen molar-refractivity contribution in [2.45, 2.75) is 72.3 Å². The maximum absolute atomic E-state index is 12.7. The van der Waals surface area contributed by atoms with Gasteiger partial charge in [-0.25, -0.2) is 0 Å². The molecule has 0 amide bonds. The van der Waals surface area contributed by atoms with Gasteiger partial charge in [0.05, 0.1) is 0 Å². The lowest BCUT2D eigenvalue weighted by Crippen LogP contribution is -2.34. The van der Waals surface area contributed by atoms with Crippen LogP contribution in [0.25, 0.3) is 10.9 Å². The van der Waals surface area contributed by atoms with Crippen molar-refractivity contribution in [3.05, 3.63) is 36.0 Å². The van der Waals surface area contributed by atoms with Gasteiger partial charge in [-0.15, -0.1) is 0 Å². The van der Waals surface area contributed by atoms with E-state index in [2.05, 4.69) is 54.6 Å². The Morgan fingerprint density at radius 3 is 2.57 bits per heavy atom. The largest absolute Gasteiger partial charge is 0.347 e. The van der Waals surface area contributed by atoms with Gasteiger partial charge in [-0.3, -0.25) is 4.79 Å². The van der Waals surface area contributed by atoms with Gasteiger partial charge >= 0.3 is 0 Å². The molecule has 0 N–H and O–H groups in total. The molecule has 0 radical (unpaired) electrons.